The molecule has 1 fully saturated rings. The molecule has 1 saturated heterocycles. The van der Waals surface area contributed by atoms with Crippen molar-refractivity contribution in [2.45, 2.75) is 32.2 Å². The lowest BCUT2D eigenvalue weighted by molar-refractivity contribution is 0.234. The standard InChI is InChI=1S/C16H22N6OS/c1-12-20-14(11-24-12)3-8-19-16(23)21-13-4-9-22(10-5-13)15-17-6-2-7-18-15/h2,6-7,11,13H,3-5,8-10H2,1H3,(H2,19,21,23). The van der Waals surface area contributed by atoms with Gasteiger partial charge >= 0.3 is 6.03 Å². The van der Waals surface area contributed by atoms with Crippen LogP contribution < -0.4 is 15.5 Å². The number of amides is 2. The Kier molecular flexibility index (Phi) is 5.58. The number of rotatable bonds is 5. The molecule has 2 N–H and O–H groups in total. The highest BCUT2D eigenvalue weighted by molar-refractivity contribution is 7.09. The Balaban J connectivity index is 1.35. The van der Waals surface area contributed by atoms with Crippen molar-refractivity contribution >= 4 is 23.3 Å². The number of urea groups is 1. The average molecular weight is 346 g/mol. The summed E-state index contributed by atoms with van der Waals surface area (Å²) in [6.45, 7) is 4.30. The third-order valence-corrected chi connectivity index (χ3v) is 4.82. The van der Waals surface area contributed by atoms with Gasteiger partial charge in [0.25, 0.3) is 0 Å². The van der Waals surface area contributed by atoms with Gasteiger partial charge in [-0.1, -0.05) is 0 Å². The van der Waals surface area contributed by atoms with Crippen molar-refractivity contribution in [1.29, 1.82) is 0 Å². The number of carbonyl (C=O) groups is 1. The maximum atomic E-state index is 12.0. The van der Waals surface area contributed by atoms with Crippen LogP contribution >= 0.6 is 11.3 Å². The van der Waals surface area contributed by atoms with Crippen molar-refractivity contribution in [3.05, 3.63) is 34.5 Å². The lowest BCUT2D eigenvalue weighted by Gasteiger charge is -2.32. The van der Waals surface area contributed by atoms with Gasteiger partial charge in [0, 0.05) is 49.9 Å². The van der Waals surface area contributed by atoms with Crippen LogP contribution in [0.2, 0.25) is 0 Å². The van der Waals surface area contributed by atoms with E-state index in [1.165, 1.54) is 0 Å². The van der Waals surface area contributed by atoms with Gasteiger partial charge in [-0.2, -0.15) is 0 Å². The van der Waals surface area contributed by atoms with Gasteiger partial charge in [-0.05, 0) is 25.8 Å². The highest BCUT2D eigenvalue weighted by atomic mass is 32.1. The average Bonchev–Trinajstić information content (AvgIpc) is 3.02. The first-order valence-corrected chi connectivity index (χ1v) is 9.06. The summed E-state index contributed by atoms with van der Waals surface area (Å²) in [7, 11) is 0. The zero-order valence-electron chi connectivity index (χ0n) is 13.7. The van der Waals surface area contributed by atoms with Crippen molar-refractivity contribution in [2.75, 3.05) is 24.5 Å². The van der Waals surface area contributed by atoms with Crippen LogP contribution in [0.4, 0.5) is 10.7 Å². The van der Waals surface area contributed by atoms with Crippen LogP contribution in [-0.2, 0) is 6.42 Å². The monoisotopic (exact) mass is 346 g/mol. The minimum Gasteiger partial charge on any atom is -0.341 e. The fraction of sp³-hybridized carbons (Fsp3) is 0.500. The van der Waals surface area contributed by atoms with Gasteiger partial charge in [0.1, 0.15) is 0 Å². The number of nitrogens with one attached hydrogen (secondary N) is 2. The molecular weight excluding hydrogens is 324 g/mol. The molecule has 2 aromatic rings. The van der Waals surface area contributed by atoms with E-state index in [1.807, 2.05) is 18.4 Å². The van der Waals surface area contributed by atoms with E-state index in [9.17, 15) is 4.79 Å². The van der Waals surface area contributed by atoms with Gasteiger partial charge in [-0.25, -0.2) is 19.7 Å². The quantitative estimate of drug-likeness (QED) is 0.862. The summed E-state index contributed by atoms with van der Waals surface area (Å²) < 4.78 is 0. The summed E-state index contributed by atoms with van der Waals surface area (Å²) in [5.41, 5.74) is 1.04. The summed E-state index contributed by atoms with van der Waals surface area (Å²) in [5, 5.41) is 9.05. The molecule has 0 bridgehead atoms. The van der Waals surface area contributed by atoms with Crippen molar-refractivity contribution in [1.82, 2.24) is 25.6 Å². The smallest absolute Gasteiger partial charge is 0.315 e. The molecule has 7 nitrogen and oxygen atoms in total. The molecule has 0 aliphatic carbocycles. The second kappa shape index (κ2) is 8.05. The Morgan fingerprint density at radius 2 is 2.08 bits per heavy atom. The first kappa shape index (κ1) is 16.6. The second-order valence-electron chi connectivity index (χ2n) is 5.82. The van der Waals surface area contributed by atoms with E-state index in [0.29, 0.717) is 6.54 Å². The third-order valence-electron chi connectivity index (χ3n) is 4.00. The second-order valence-corrected chi connectivity index (χ2v) is 6.88. The van der Waals surface area contributed by atoms with Crippen molar-refractivity contribution in [2.24, 2.45) is 0 Å². The van der Waals surface area contributed by atoms with E-state index in [0.717, 1.165) is 49.0 Å². The van der Waals surface area contributed by atoms with Crippen LogP contribution in [0.15, 0.2) is 23.8 Å². The normalized spacial score (nSPS) is 15.3. The van der Waals surface area contributed by atoms with Crippen molar-refractivity contribution in [3.8, 4) is 0 Å². The molecule has 0 aromatic carbocycles. The van der Waals surface area contributed by atoms with Crippen LogP contribution in [0.25, 0.3) is 0 Å². The van der Waals surface area contributed by atoms with E-state index < -0.39 is 0 Å². The van der Waals surface area contributed by atoms with Crippen LogP contribution in [-0.4, -0.2) is 46.7 Å². The molecule has 1 aliphatic rings. The molecule has 1 aliphatic heterocycles. The molecule has 0 saturated carbocycles. The third kappa shape index (κ3) is 4.64. The van der Waals surface area contributed by atoms with E-state index in [1.54, 1.807) is 23.7 Å². The maximum Gasteiger partial charge on any atom is 0.315 e. The topological polar surface area (TPSA) is 83.0 Å². The SMILES string of the molecule is Cc1nc(CCNC(=O)NC2CCN(c3ncccn3)CC2)cs1. The van der Waals surface area contributed by atoms with Crippen LogP contribution in [0, 0.1) is 6.92 Å². The van der Waals surface area contributed by atoms with Crippen molar-refractivity contribution < 1.29 is 4.79 Å². The maximum absolute atomic E-state index is 12.0. The van der Waals surface area contributed by atoms with Crippen LogP contribution in [0.3, 0.4) is 0 Å². The van der Waals surface area contributed by atoms with Crippen molar-refractivity contribution in [3.63, 3.8) is 0 Å². The predicted molar refractivity (Wildman–Crippen MR) is 94.4 cm³/mol. The fourth-order valence-electron chi connectivity index (χ4n) is 2.74. The molecule has 24 heavy (non-hydrogen) atoms. The van der Waals surface area contributed by atoms with Gasteiger partial charge in [-0.3, -0.25) is 0 Å². The van der Waals surface area contributed by atoms with Gasteiger partial charge < -0.3 is 15.5 Å². The highest BCUT2D eigenvalue weighted by Gasteiger charge is 2.21. The lowest BCUT2D eigenvalue weighted by atomic mass is 10.1. The molecule has 0 spiro atoms. The molecule has 0 radical (unpaired) electrons. The molecule has 8 heteroatoms. The Hall–Kier alpha value is -2.22. The minimum absolute atomic E-state index is 0.101. The Morgan fingerprint density at radius 3 is 2.75 bits per heavy atom. The number of nitrogens with zero attached hydrogens (tertiary/aromatic N) is 4. The van der Waals surface area contributed by atoms with E-state index in [-0.39, 0.29) is 12.1 Å². The van der Waals surface area contributed by atoms with Gasteiger partial charge in [0.15, 0.2) is 0 Å². The Bertz CT molecular complexity index is 654. The molecule has 2 amide bonds. The van der Waals surface area contributed by atoms with E-state index >= 15 is 0 Å². The first-order valence-electron chi connectivity index (χ1n) is 8.18. The molecular formula is C16H22N6OS. The zero-order chi connectivity index (χ0) is 16.8. The summed E-state index contributed by atoms with van der Waals surface area (Å²) in [6.07, 6.45) is 6.07. The molecule has 128 valence electrons. The van der Waals surface area contributed by atoms with E-state index in [2.05, 4.69) is 30.5 Å². The molecule has 0 atom stereocenters. The fourth-order valence-corrected chi connectivity index (χ4v) is 3.39. The van der Waals surface area contributed by atoms with Gasteiger partial charge in [0.05, 0.1) is 10.7 Å². The number of thiazole rings is 1. The lowest BCUT2D eigenvalue weighted by Crippen LogP contribution is -2.48. The molecule has 3 heterocycles. The summed E-state index contributed by atoms with van der Waals surface area (Å²) in [4.78, 5) is 27.1. The molecule has 0 unspecified atom stereocenters. The Morgan fingerprint density at radius 1 is 1.33 bits per heavy atom. The summed E-state index contributed by atoms with van der Waals surface area (Å²) in [5.74, 6) is 0.763. The molecule has 3 rings (SSSR count). The molecule has 2 aromatic heterocycles. The van der Waals surface area contributed by atoms with Crippen LogP contribution in [0.1, 0.15) is 23.5 Å². The number of hydrogen-bond donors (Lipinski definition) is 2. The van der Waals surface area contributed by atoms with Gasteiger partial charge in [0.2, 0.25) is 5.95 Å². The number of aryl methyl sites for hydroxylation is 1. The number of hydrogen-bond acceptors (Lipinski definition) is 6. The number of anilines is 1. The zero-order valence-corrected chi connectivity index (χ0v) is 14.6. The van der Waals surface area contributed by atoms with E-state index in [4.69, 9.17) is 0 Å². The Labute approximate surface area is 145 Å². The number of carbonyl (C=O) groups excluding carboxylic acids is 1. The largest absolute Gasteiger partial charge is 0.341 e. The minimum atomic E-state index is -0.101. The van der Waals surface area contributed by atoms with Gasteiger partial charge in [-0.15, -0.1) is 11.3 Å². The first-order chi connectivity index (χ1) is 11.7. The summed E-state index contributed by atoms with van der Waals surface area (Å²) in [6, 6.07) is 1.91. The number of aromatic nitrogens is 3. The number of piperidine rings is 1. The highest BCUT2D eigenvalue weighted by Crippen LogP contribution is 2.15. The van der Waals surface area contributed by atoms with Crippen LogP contribution in [0.5, 0.6) is 0 Å². The predicted octanol–water partition coefficient (Wildman–Crippen LogP) is 1.75. The summed E-state index contributed by atoms with van der Waals surface area (Å²) >= 11 is 1.64.